The number of ether oxygens (including phenoxy) is 2. The highest BCUT2D eigenvalue weighted by molar-refractivity contribution is 5.81. The van der Waals surface area contributed by atoms with Crippen molar-refractivity contribution in [2.45, 2.75) is 25.7 Å². The second kappa shape index (κ2) is 9.23. The van der Waals surface area contributed by atoms with Gasteiger partial charge in [0.05, 0.1) is 31.5 Å². The number of benzene rings is 2. The molecule has 3 aromatic rings. The molecule has 0 amide bonds. The molecule has 0 bridgehead atoms. The van der Waals surface area contributed by atoms with Crippen molar-refractivity contribution in [1.29, 1.82) is 0 Å². The molecule has 0 aliphatic heterocycles. The van der Waals surface area contributed by atoms with Gasteiger partial charge >= 0.3 is 0 Å². The summed E-state index contributed by atoms with van der Waals surface area (Å²) in [6, 6.07) is 11.5. The molecule has 4 rings (SSSR count). The Labute approximate surface area is 186 Å². The molecule has 0 spiro atoms. The van der Waals surface area contributed by atoms with E-state index in [9.17, 15) is 9.18 Å². The van der Waals surface area contributed by atoms with Crippen molar-refractivity contribution in [2.24, 2.45) is 13.0 Å². The zero-order valence-corrected chi connectivity index (χ0v) is 18.1. The average Bonchev–Trinajstić information content (AvgIpc) is 3.33. The second-order valence-electron chi connectivity index (χ2n) is 7.95. The zero-order valence-electron chi connectivity index (χ0n) is 18.1. The second-order valence-corrected chi connectivity index (χ2v) is 7.95. The average molecular weight is 433 g/mol. The predicted octanol–water partition coefficient (Wildman–Crippen LogP) is 5.38. The van der Waals surface area contributed by atoms with Crippen LogP contribution < -0.4 is 15.0 Å². The van der Waals surface area contributed by atoms with Crippen LogP contribution in [-0.2, 0) is 7.05 Å². The fourth-order valence-corrected chi connectivity index (χ4v) is 4.05. The van der Waals surface area contributed by atoms with Crippen LogP contribution in [0.25, 0.3) is 27.2 Å². The Balaban J connectivity index is 1.85. The summed E-state index contributed by atoms with van der Waals surface area (Å²) in [5, 5.41) is 0. The number of hydrogen-bond acceptors (Lipinski definition) is 4. The summed E-state index contributed by atoms with van der Waals surface area (Å²) in [6.45, 7) is 7.58. The first-order chi connectivity index (χ1) is 15.5. The lowest BCUT2D eigenvalue weighted by molar-refractivity contribution is 0.224. The number of hydrogen-bond donors (Lipinski definition) is 0. The molecule has 1 fully saturated rings. The minimum absolute atomic E-state index is 0.0821. The Morgan fingerprint density at radius 2 is 1.84 bits per heavy atom. The minimum Gasteiger partial charge on any atom is -0.497 e. The van der Waals surface area contributed by atoms with Crippen LogP contribution in [-0.4, -0.2) is 23.3 Å². The van der Waals surface area contributed by atoms with E-state index in [1.807, 2.05) is 0 Å². The molecule has 0 atom stereocenters. The van der Waals surface area contributed by atoms with E-state index in [4.69, 9.17) is 16.0 Å². The molecule has 0 unspecified atom stereocenters. The van der Waals surface area contributed by atoms with Gasteiger partial charge in [0, 0.05) is 12.6 Å². The standard InChI is InChI=1S/C25H24FN3O3/c1-27-21-13-10-18(14-20(21)26)23-22(17-8-11-19(31-3)12-9-17)24(30)29(2)25(28-23)32-15-16-6-4-5-7-16/h8-14,16H,4-7,15H2,2-3H3. The maximum Gasteiger partial charge on any atom is 0.299 e. The van der Waals surface area contributed by atoms with Gasteiger partial charge in [-0.1, -0.05) is 37.1 Å². The maximum absolute atomic E-state index is 14.4. The van der Waals surface area contributed by atoms with Gasteiger partial charge in [-0.25, -0.2) is 9.24 Å². The summed E-state index contributed by atoms with van der Waals surface area (Å²) >= 11 is 0. The summed E-state index contributed by atoms with van der Waals surface area (Å²) < 4.78 is 27.0. The van der Waals surface area contributed by atoms with Crippen molar-refractivity contribution in [3.8, 4) is 34.1 Å². The zero-order chi connectivity index (χ0) is 22.7. The molecular weight excluding hydrogens is 409 g/mol. The van der Waals surface area contributed by atoms with Crippen molar-refractivity contribution >= 4 is 5.69 Å². The van der Waals surface area contributed by atoms with Gasteiger partial charge in [-0.15, -0.1) is 0 Å². The van der Waals surface area contributed by atoms with Gasteiger partial charge in [0.2, 0.25) is 5.69 Å². The van der Waals surface area contributed by atoms with Crippen LogP contribution in [0.5, 0.6) is 11.8 Å². The molecule has 2 aromatic carbocycles. The van der Waals surface area contributed by atoms with Crippen LogP contribution in [0.3, 0.4) is 0 Å². The molecule has 164 valence electrons. The molecule has 7 heteroatoms. The van der Waals surface area contributed by atoms with Crippen molar-refractivity contribution < 1.29 is 13.9 Å². The summed E-state index contributed by atoms with van der Waals surface area (Å²) in [5.74, 6) is 0.449. The molecule has 1 heterocycles. The molecule has 0 saturated heterocycles. The van der Waals surface area contributed by atoms with Gasteiger partial charge in [-0.2, -0.15) is 4.98 Å². The van der Waals surface area contributed by atoms with Gasteiger partial charge < -0.3 is 9.47 Å². The van der Waals surface area contributed by atoms with E-state index in [2.05, 4.69) is 9.83 Å². The summed E-state index contributed by atoms with van der Waals surface area (Å²) in [5.41, 5.74) is 1.31. The van der Waals surface area contributed by atoms with Crippen molar-refractivity contribution in [2.75, 3.05) is 13.7 Å². The SMILES string of the molecule is [C-]#[N+]c1ccc(-c2nc(OCC3CCCC3)n(C)c(=O)c2-c2ccc(OC)cc2)cc1F. The predicted molar refractivity (Wildman–Crippen MR) is 121 cm³/mol. The first-order valence-corrected chi connectivity index (χ1v) is 10.6. The van der Waals surface area contributed by atoms with Gasteiger partial charge in [-0.05, 0) is 42.5 Å². The van der Waals surface area contributed by atoms with E-state index >= 15 is 0 Å². The van der Waals surface area contributed by atoms with Gasteiger partial charge in [0.1, 0.15) is 11.6 Å². The minimum atomic E-state index is -0.658. The lowest BCUT2D eigenvalue weighted by Gasteiger charge is -2.17. The van der Waals surface area contributed by atoms with E-state index in [0.29, 0.717) is 40.7 Å². The Hall–Kier alpha value is -3.66. The first kappa shape index (κ1) is 21.6. The Morgan fingerprint density at radius 1 is 1.16 bits per heavy atom. The normalized spacial score (nSPS) is 13.7. The van der Waals surface area contributed by atoms with Crippen LogP contribution in [0.4, 0.5) is 10.1 Å². The molecule has 6 nitrogen and oxygen atoms in total. The third kappa shape index (κ3) is 4.22. The number of methoxy groups -OCH3 is 1. The molecular formula is C25H24FN3O3. The smallest absolute Gasteiger partial charge is 0.299 e. The molecule has 0 N–H and O–H groups in total. The van der Waals surface area contributed by atoms with Gasteiger partial charge in [0.25, 0.3) is 11.6 Å². The van der Waals surface area contributed by atoms with E-state index < -0.39 is 5.82 Å². The molecule has 1 aliphatic carbocycles. The van der Waals surface area contributed by atoms with E-state index in [0.717, 1.165) is 12.8 Å². The third-order valence-corrected chi connectivity index (χ3v) is 5.89. The number of nitrogens with zero attached hydrogens (tertiary/aromatic N) is 3. The topological polar surface area (TPSA) is 57.7 Å². The Kier molecular flexibility index (Phi) is 6.22. The largest absolute Gasteiger partial charge is 0.497 e. The van der Waals surface area contributed by atoms with Gasteiger partial charge in [0.15, 0.2) is 0 Å². The lowest BCUT2D eigenvalue weighted by Crippen LogP contribution is -2.24. The quantitative estimate of drug-likeness (QED) is 0.490. The van der Waals surface area contributed by atoms with Crippen LogP contribution >= 0.6 is 0 Å². The van der Waals surface area contributed by atoms with Crippen LogP contribution in [0.15, 0.2) is 47.3 Å². The lowest BCUT2D eigenvalue weighted by atomic mass is 10.00. The molecule has 1 saturated carbocycles. The molecule has 1 aromatic heterocycles. The summed E-state index contributed by atoms with van der Waals surface area (Å²) in [4.78, 5) is 21.2. The first-order valence-electron chi connectivity index (χ1n) is 10.6. The summed E-state index contributed by atoms with van der Waals surface area (Å²) in [7, 11) is 3.19. The number of aromatic nitrogens is 2. The van der Waals surface area contributed by atoms with E-state index in [1.165, 1.54) is 29.5 Å². The fourth-order valence-electron chi connectivity index (χ4n) is 4.05. The Bertz CT molecular complexity index is 1220. The highest BCUT2D eigenvalue weighted by atomic mass is 19.1. The van der Waals surface area contributed by atoms with Crippen molar-refractivity contribution in [3.05, 3.63) is 70.1 Å². The van der Waals surface area contributed by atoms with E-state index in [-0.39, 0.29) is 17.3 Å². The fraction of sp³-hybridized carbons (Fsp3) is 0.320. The summed E-state index contributed by atoms with van der Waals surface area (Å²) in [6.07, 6.45) is 4.59. The number of halogens is 1. The third-order valence-electron chi connectivity index (χ3n) is 5.89. The van der Waals surface area contributed by atoms with Gasteiger partial charge in [-0.3, -0.25) is 9.36 Å². The Morgan fingerprint density at radius 3 is 2.47 bits per heavy atom. The van der Waals surface area contributed by atoms with Crippen LogP contribution in [0.1, 0.15) is 25.7 Å². The molecule has 1 aliphatic rings. The van der Waals surface area contributed by atoms with Crippen LogP contribution in [0.2, 0.25) is 0 Å². The van der Waals surface area contributed by atoms with Crippen LogP contribution in [0, 0.1) is 18.3 Å². The highest BCUT2D eigenvalue weighted by Crippen LogP contribution is 2.33. The van der Waals surface area contributed by atoms with Crippen molar-refractivity contribution in [3.63, 3.8) is 0 Å². The monoisotopic (exact) mass is 433 g/mol. The molecule has 0 radical (unpaired) electrons. The number of rotatable bonds is 6. The van der Waals surface area contributed by atoms with Crippen molar-refractivity contribution in [1.82, 2.24) is 9.55 Å². The van der Waals surface area contributed by atoms with E-state index in [1.54, 1.807) is 44.5 Å². The molecule has 32 heavy (non-hydrogen) atoms. The maximum atomic E-state index is 14.4. The highest BCUT2D eigenvalue weighted by Gasteiger charge is 2.22.